The fraction of sp³-hybridized carbons (Fsp3) is 0.579. The van der Waals surface area contributed by atoms with Crippen LogP contribution < -0.4 is 5.32 Å². The Kier molecular flexibility index (Phi) is 6.76. The summed E-state index contributed by atoms with van der Waals surface area (Å²) < 4.78 is 24.4. The average molecular weight is 380 g/mol. The Bertz CT molecular complexity index is 665. The monoisotopic (exact) mass is 380 g/mol. The second-order valence-electron chi connectivity index (χ2n) is 6.84. The zero-order valence-corrected chi connectivity index (χ0v) is 15.1. The molecule has 2 aliphatic heterocycles. The summed E-state index contributed by atoms with van der Waals surface area (Å²) in [5, 5.41) is 12.4. The van der Waals surface area contributed by atoms with E-state index in [9.17, 15) is 19.1 Å². The molecule has 148 valence electrons. The van der Waals surface area contributed by atoms with Crippen LogP contribution in [0.5, 0.6) is 0 Å². The quantitative estimate of drug-likeness (QED) is 0.786. The molecule has 0 radical (unpaired) electrons. The first-order valence-corrected chi connectivity index (χ1v) is 9.25. The van der Waals surface area contributed by atoms with Crippen LogP contribution in [-0.4, -0.2) is 73.0 Å². The number of benzene rings is 1. The summed E-state index contributed by atoms with van der Waals surface area (Å²) in [4.78, 5) is 26.4. The van der Waals surface area contributed by atoms with Gasteiger partial charge in [0.2, 0.25) is 5.91 Å². The van der Waals surface area contributed by atoms with Crippen LogP contribution in [0.2, 0.25) is 0 Å². The van der Waals surface area contributed by atoms with Crippen molar-refractivity contribution < 1.29 is 28.6 Å². The molecule has 8 heteroatoms. The van der Waals surface area contributed by atoms with E-state index in [0.29, 0.717) is 39.1 Å². The lowest BCUT2D eigenvalue weighted by atomic mass is 9.96. The largest absolute Gasteiger partial charge is 0.394 e. The normalized spacial score (nSPS) is 25.9. The highest BCUT2D eigenvalue weighted by Gasteiger charge is 2.34. The minimum absolute atomic E-state index is 0.0160. The number of amides is 2. The van der Waals surface area contributed by atoms with E-state index in [1.807, 2.05) is 0 Å². The van der Waals surface area contributed by atoms with E-state index < -0.39 is 17.8 Å². The second kappa shape index (κ2) is 9.25. The van der Waals surface area contributed by atoms with Crippen molar-refractivity contribution in [1.82, 2.24) is 10.2 Å². The molecule has 0 aromatic heterocycles. The zero-order valence-electron chi connectivity index (χ0n) is 15.1. The minimum Gasteiger partial charge on any atom is -0.394 e. The molecule has 0 unspecified atom stereocenters. The first-order valence-electron chi connectivity index (χ1n) is 9.25. The molecule has 7 nitrogen and oxygen atoms in total. The van der Waals surface area contributed by atoms with Gasteiger partial charge in [-0.25, -0.2) is 4.39 Å². The van der Waals surface area contributed by atoms with Crippen molar-refractivity contribution in [1.29, 1.82) is 0 Å². The van der Waals surface area contributed by atoms with Gasteiger partial charge in [0.1, 0.15) is 11.9 Å². The van der Waals surface area contributed by atoms with Crippen molar-refractivity contribution in [2.24, 2.45) is 0 Å². The van der Waals surface area contributed by atoms with Crippen LogP contribution in [0.15, 0.2) is 24.3 Å². The molecular formula is C19H25FN2O5. The molecule has 0 spiro atoms. The Labute approximate surface area is 157 Å². The summed E-state index contributed by atoms with van der Waals surface area (Å²) in [7, 11) is 0. The molecule has 1 aromatic rings. The van der Waals surface area contributed by atoms with E-state index in [0.717, 1.165) is 6.07 Å². The summed E-state index contributed by atoms with van der Waals surface area (Å²) in [6, 6.07) is 5.04. The summed E-state index contributed by atoms with van der Waals surface area (Å²) in [6.45, 7) is 1.99. The predicted molar refractivity (Wildman–Crippen MR) is 94.7 cm³/mol. The Morgan fingerprint density at radius 3 is 2.74 bits per heavy atom. The first-order chi connectivity index (χ1) is 13.1. The van der Waals surface area contributed by atoms with Crippen LogP contribution in [0.3, 0.4) is 0 Å². The number of hydrogen-bond donors (Lipinski definition) is 2. The van der Waals surface area contributed by atoms with Crippen molar-refractivity contribution in [3.05, 3.63) is 35.6 Å². The highest BCUT2D eigenvalue weighted by Crippen LogP contribution is 2.23. The number of carbonyl (C=O) groups is 2. The number of aliphatic hydroxyl groups is 1. The summed E-state index contributed by atoms with van der Waals surface area (Å²) >= 11 is 0. The van der Waals surface area contributed by atoms with E-state index in [1.54, 1.807) is 4.90 Å². The maximum atomic E-state index is 13.3. The van der Waals surface area contributed by atoms with E-state index in [1.165, 1.54) is 18.2 Å². The summed E-state index contributed by atoms with van der Waals surface area (Å²) in [5.74, 6) is -0.880. The standard InChI is InChI=1S/C19H25FN2O5/c20-14-3-1-2-13(10-14)19(25)21-16-5-4-15(27-17(16)12-23)11-18(24)22-6-8-26-9-7-22/h1-3,10,15-17,23H,4-9,11-12H2,(H,21,25)/t15-,16+,17+/m0/s1. The van der Waals surface area contributed by atoms with E-state index in [2.05, 4.69) is 5.32 Å². The topological polar surface area (TPSA) is 88.1 Å². The Morgan fingerprint density at radius 1 is 1.26 bits per heavy atom. The fourth-order valence-corrected chi connectivity index (χ4v) is 3.47. The van der Waals surface area contributed by atoms with Gasteiger partial charge in [-0.3, -0.25) is 9.59 Å². The Balaban J connectivity index is 1.53. The lowest BCUT2D eigenvalue weighted by Crippen LogP contribution is -2.52. The molecule has 27 heavy (non-hydrogen) atoms. The van der Waals surface area contributed by atoms with Crippen LogP contribution in [0.1, 0.15) is 29.6 Å². The number of hydrogen-bond acceptors (Lipinski definition) is 5. The summed E-state index contributed by atoms with van der Waals surface area (Å²) in [6.07, 6.45) is 0.535. The van der Waals surface area contributed by atoms with Crippen LogP contribution in [-0.2, 0) is 14.3 Å². The van der Waals surface area contributed by atoms with Gasteiger partial charge in [-0.15, -0.1) is 0 Å². The molecule has 0 saturated carbocycles. The van der Waals surface area contributed by atoms with Gasteiger partial charge in [-0.2, -0.15) is 0 Å². The molecule has 0 bridgehead atoms. The molecular weight excluding hydrogens is 355 g/mol. The number of aliphatic hydroxyl groups excluding tert-OH is 1. The zero-order chi connectivity index (χ0) is 19.2. The highest BCUT2D eigenvalue weighted by molar-refractivity contribution is 5.94. The van der Waals surface area contributed by atoms with Gasteiger partial charge in [-0.1, -0.05) is 6.07 Å². The Morgan fingerprint density at radius 2 is 2.04 bits per heavy atom. The molecule has 2 fully saturated rings. The minimum atomic E-state index is -0.598. The highest BCUT2D eigenvalue weighted by atomic mass is 19.1. The van der Waals surface area contributed by atoms with Crippen LogP contribution in [0, 0.1) is 5.82 Å². The molecule has 1 aromatic carbocycles. The van der Waals surface area contributed by atoms with Crippen LogP contribution in [0.4, 0.5) is 4.39 Å². The van der Waals surface area contributed by atoms with Crippen molar-refractivity contribution in [3.8, 4) is 0 Å². The number of nitrogens with one attached hydrogen (secondary N) is 1. The summed E-state index contributed by atoms with van der Waals surface area (Å²) in [5.41, 5.74) is 0.219. The third-order valence-electron chi connectivity index (χ3n) is 4.96. The van der Waals surface area contributed by atoms with Gasteiger partial charge in [0.25, 0.3) is 5.91 Å². The fourth-order valence-electron chi connectivity index (χ4n) is 3.47. The SMILES string of the molecule is O=C(N[C@@H]1CC[C@@H](CC(=O)N2CCOCC2)O[C@@H]1CO)c1cccc(F)c1. The number of carbonyl (C=O) groups excluding carboxylic acids is 2. The number of halogens is 1. The average Bonchev–Trinajstić information content (AvgIpc) is 2.69. The molecule has 3 atom stereocenters. The molecule has 2 heterocycles. The molecule has 3 rings (SSSR count). The Hall–Kier alpha value is -2.03. The lowest BCUT2D eigenvalue weighted by Gasteiger charge is -2.37. The second-order valence-corrected chi connectivity index (χ2v) is 6.84. The van der Waals surface area contributed by atoms with Gasteiger partial charge < -0.3 is 24.8 Å². The molecule has 2 saturated heterocycles. The molecule has 2 aliphatic rings. The molecule has 0 aliphatic carbocycles. The van der Waals surface area contributed by atoms with Gasteiger partial charge >= 0.3 is 0 Å². The number of nitrogens with zero attached hydrogens (tertiary/aromatic N) is 1. The first kappa shape index (κ1) is 19.7. The van der Waals surface area contributed by atoms with Crippen molar-refractivity contribution in [2.45, 2.75) is 37.5 Å². The molecule has 2 amide bonds. The third-order valence-corrected chi connectivity index (χ3v) is 4.96. The smallest absolute Gasteiger partial charge is 0.251 e. The number of rotatable bonds is 5. The lowest BCUT2D eigenvalue weighted by molar-refractivity contribution is -0.143. The number of morpholine rings is 1. The van der Waals surface area contributed by atoms with Crippen molar-refractivity contribution in [3.63, 3.8) is 0 Å². The van der Waals surface area contributed by atoms with Crippen LogP contribution in [0.25, 0.3) is 0 Å². The molecule has 2 N–H and O–H groups in total. The number of ether oxygens (including phenoxy) is 2. The van der Waals surface area contributed by atoms with Crippen molar-refractivity contribution in [2.75, 3.05) is 32.9 Å². The van der Waals surface area contributed by atoms with Gasteiger partial charge in [0.05, 0.1) is 38.4 Å². The van der Waals surface area contributed by atoms with E-state index >= 15 is 0 Å². The van der Waals surface area contributed by atoms with E-state index in [-0.39, 0.29) is 36.6 Å². The maximum Gasteiger partial charge on any atom is 0.251 e. The predicted octanol–water partition coefficient (Wildman–Crippen LogP) is 0.713. The third kappa shape index (κ3) is 5.24. The van der Waals surface area contributed by atoms with Gasteiger partial charge in [0, 0.05) is 18.7 Å². The van der Waals surface area contributed by atoms with Gasteiger partial charge in [0.15, 0.2) is 0 Å². The maximum absolute atomic E-state index is 13.3. The van der Waals surface area contributed by atoms with Gasteiger partial charge in [-0.05, 0) is 31.0 Å². The van der Waals surface area contributed by atoms with Crippen LogP contribution >= 0.6 is 0 Å². The van der Waals surface area contributed by atoms with E-state index in [4.69, 9.17) is 9.47 Å². The van der Waals surface area contributed by atoms with Crippen molar-refractivity contribution >= 4 is 11.8 Å².